The number of aromatic nitrogens is 1. The first-order chi connectivity index (χ1) is 12.8. The van der Waals surface area contributed by atoms with E-state index < -0.39 is 0 Å². The summed E-state index contributed by atoms with van der Waals surface area (Å²) in [5, 5.41) is 8.00. The molecular formula is C21H21N3O2S. The van der Waals surface area contributed by atoms with Gasteiger partial charge in [-0.3, -0.25) is 14.9 Å². The molecule has 0 aliphatic rings. The van der Waals surface area contributed by atoms with Gasteiger partial charge in [-0.1, -0.05) is 23.8 Å². The second-order valence-corrected chi connectivity index (χ2v) is 7.39. The number of carbonyl (C=O) groups excluding carboxylic acids is 2. The lowest BCUT2D eigenvalue weighted by Crippen LogP contribution is -2.13. The van der Waals surface area contributed by atoms with Crippen molar-refractivity contribution in [2.24, 2.45) is 0 Å². The quantitative estimate of drug-likeness (QED) is 0.674. The molecule has 0 unspecified atom stereocenters. The maximum atomic E-state index is 12.5. The van der Waals surface area contributed by atoms with E-state index in [9.17, 15) is 9.59 Å². The highest BCUT2D eigenvalue weighted by atomic mass is 32.1. The van der Waals surface area contributed by atoms with Gasteiger partial charge in [0.2, 0.25) is 5.91 Å². The van der Waals surface area contributed by atoms with Crippen LogP contribution in [0.2, 0.25) is 0 Å². The highest BCUT2D eigenvalue weighted by Gasteiger charge is 2.13. The fourth-order valence-electron chi connectivity index (χ4n) is 3.14. The van der Waals surface area contributed by atoms with Crippen LogP contribution >= 0.6 is 11.3 Å². The van der Waals surface area contributed by atoms with Gasteiger partial charge in [0.15, 0.2) is 5.13 Å². The first-order valence-corrected chi connectivity index (χ1v) is 9.44. The van der Waals surface area contributed by atoms with Gasteiger partial charge in [-0.2, -0.15) is 0 Å². The number of carbonyl (C=O) groups is 2. The summed E-state index contributed by atoms with van der Waals surface area (Å²) in [6, 6.07) is 11.1. The Hall–Kier alpha value is -2.99. The zero-order chi connectivity index (χ0) is 19.6. The van der Waals surface area contributed by atoms with E-state index in [1.807, 2.05) is 5.38 Å². The first-order valence-electron chi connectivity index (χ1n) is 8.56. The third-order valence-electron chi connectivity index (χ3n) is 4.10. The summed E-state index contributed by atoms with van der Waals surface area (Å²) in [6.45, 7) is 7.64. The summed E-state index contributed by atoms with van der Waals surface area (Å²) in [7, 11) is 0. The van der Waals surface area contributed by atoms with Crippen LogP contribution in [0.15, 0.2) is 41.8 Å². The number of anilines is 2. The minimum atomic E-state index is -0.263. The van der Waals surface area contributed by atoms with Gasteiger partial charge in [0, 0.05) is 29.1 Å². The average Bonchev–Trinajstić information content (AvgIpc) is 3.01. The molecule has 0 radical (unpaired) electrons. The molecule has 138 valence electrons. The lowest BCUT2D eigenvalue weighted by molar-refractivity contribution is -0.114. The van der Waals surface area contributed by atoms with Gasteiger partial charge < -0.3 is 5.32 Å². The molecule has 0 saturated heterocycles. The number of rotatable bonds is 4. The average molecular weight is 379 g/mol. The first kappa shape index (κ1) is 18.8. The summed E-state index contributed by atoms with van der Waals surface area (Å²) >= 11 is 1.39. The molecule has 3 rings (SSSR count). The van der Waals surface area contributed by atoms with Crippen molar-refractivity contribution >= 4 is 34.0 Å². The van der Waals surface area contributed by atoms with Gasteiger partial charge in [-0.05, 0) is 50.1 Å². The van der Waals surface area contributed by atoms with E-state index in [2.05, 4.69) is 48.5 Å². The van der Waals surface area contributed by atoms with Crippen LogP contribution in [0.1, 0.15) is 34.0 Å². The predicted octanol–water partition coefficient (Wildman–Crippen LogP) is 4.95. The zero-order valence-corrected chi connectivity index (χ0v) is 16.5. The fourth-order valence-corrected chi connectivity index (χ4v) is 3.84. The van der Waals surface area contributed by atoms with Crippen molar-refractivity contribution in [3.63, 3.8) is 0 Å². The minimum Gasteiger partial charge on any atom is -0.326 e. The van der Waals surface area contributed by atoms with E-state index in [4.69, 9.17) is 0 Å². The Balaban J connectivity index is 1.80. The van der Waals surface area contributed by atoms with Gasteiger partial charge in [-0.25, -0.2) is 4.98 Å². The standard InChI is InChI=1S/C21H21N3O2S/c1-12-8-13(2)19(14(3)9-12)18-11-27-21(23-18)24-20(26)16-6-5-7-17(10-16)22-15(4)25/h5-11H,1-4H3,(H,22,25)(H,23,24,26). The summed E-state index contributed by atoms with van der Waals surface area (Å²) in [4.78, 5) is 28.3. The summed E-state index contributed by atoms with van der Waals surface area (Å²) < 4.78 is 0. The van der Waals surface area contributed by atoms with Crippen molar-refractivity contribution in [3.05, 3.63) is 64.0 Å². The Labute approximate surface area is 162 Å². The molecule has 0 fully saturated rings. The lowest BCUT2D eigenvalue weighted by Gasteiger charge is -2.09. The smallest absolute Gasteiger partial charge is 0.257 e. The molecule has 5 nitrogen and oxygen atoms in total. The second kappa shape index (κ2) is 7.72. The highest BCUT2D eigenvalue weighted by molar-refractivity contribution is 7.14. The summed E-state index contributed by atoms with van der Waals surface area (Å²) in [5.41, 5.74) is 6.55. The molecule has 0 aliphatic carbocycles. The van der Waals surface area contributed by atoms with Crippen molar-refractivity contribution in [1.82, 2.24) is 4.98 Å². The van der Waals surface area contributed by atoms with E-state index in [1.54, 1.807) is 24.3 Å². The predicted molar refractivity (Wildman–Crippen MR) is 110 cm³/mol. The highest BCUT2D eigenvalue weighted by Crippen LogP contribution is 2.31. The van der Waals surface area contributed by atoms with E-state index in [0.29, 0.717) is 16.4 Å². The Morgan fingerprint density at radius 1 is 1.00 bits per heavy atom. The zero-order valence-electron chi connectivity index (χ0n) is 15.7. The van der Waals surface area contributed by atoms with Crippen LogP contribution in [-0.2, 0) is 4.79 Å². The van der Waals surface area contributed by atoms with Gasteiger partial charge in [0.1, 0.15) is 0 Å². The molecule has 1 aromatic heterocycles. The molecular weight excluding hydrogens is 358 g/mol. The van der Waals surface area contributed by atoms with Crippen molar-refractivity contribution in [2.75, 3.05) is 10.6 Å². The molecule has 6 heteroatoms. The Bertz CT molecular complexity index is 1000. The Kier molecular flexibility index (Phi) is 5.37. The van der Waals surface area contributed by atoms with Crippen LogP contribution in [0.5, 0.6) is 0 Å². The third kappa shape index (κ3) is 4.41. The summed E-state index contributed by atoms with van der Waals surface area (Å²) in [6.07, 6.45) is 0. The minimum absolute atomic E-state index is 0.180. The molecule has 0 bridgehead atoms. The molecule has 0 aliphatic heterocycles. The molecule has 2 amide bonds. The molecule has 2 aromatic carbocycles. The van der Waals surface area contributed by atoms with Gasteiger partial charge in [-0.15, -0.1) is 11.3 Å². The van der Waals surface area contributed by atoms with Crippen molar-refractivity contribution in [1.29, 1.82) is 0 Å². The van der Waals surface area contributed by atoms with Gasteiger partial charge in [0.05, 0.1) is 5.69 Å². The van der Waals surface area contributed by atoms with Crippen LogP contribution in [0.3, 0.4) is 0 Å². The van der Waals surface area contributed by atoms with Crippen molar-refractivity contribution in [3.8, 4) is 11.3 Å². The van der Waals surface area contributed by atoms with Crippen LogP contribution in [0.25, 0.3) is 11.3 Å². The third-order valence-corrected chi connectivity index (χ3v) is 4.86. The fraction of sp³-hybridized carbons (Fsp3) is 0.190. The number of aryl methyl sites for hydroxylation is 3. The van der Waals surface area contributed by atoms with E-state index in [-0.39, 0.29) is 11.8 Å². The van der Waals surface area contributed by atoms with Crippen molar-refractivity contribution < 1.29 is 9.59 Å². The number of amides is 2. The number of benzene rings is 2. The number of hydrogen-bond donors (Lipinski definition) is 2. The van der Waals surface area contributed by atoms with Crippen LogP contribution in [-0.4, -0.2) is 16.8 Å². The lowest BCUT2D eigenvalue weighted by atomic mass is 9.98. The molecule has 3 aromatic rings. The summed E-state index contributed by atoms with van der Waals surface area (Å²) in [5.74, 6) is -0.443. The SMILES string of the molecule is CC(=O)Nc1cccc(C(=O)Nc2nc(-c3c(C)cc(C)cc3C)cs2)c1. The number of thiazole rings is 1. The van der Waals surface area contributed by atoms with Crippen LogP contribution < -0.4 is 10.6 Å². The van der Waals surface area contributed by atoms with E-state index in [0.717, 1.165) is 11.3 Å². The maximum absolute atomic E-state index is 12.5. The van der Waals surface area contributed by atoms with Crippen LogP contribution in [0, 0.1) is 20.8 Å². The number of hydrogen-bond acceptors (Lipinski definition) is 4. The van der Waals surface area contributed by atoms with Gasteiger partial charge >= 0.3 is 0 Å². The van der Waals surface area contributed by atoms with Crippen molar-refractivity contribution in [2.45, 2.75) is 27.7 Å². The second-order valence-electron chi connectivity index (χ2n) is 6.53. The normalized spacial score (nSPS) is 10.5. The maximum Gasteiger partial charge on any atom is 0.257 e. The Morgan fingerprint density at radius 2 is 1.70 bits per heavy atom. The molecule has 0 spiro atoms. The molecule has 1 heterocycles. The topological polar surface area (TPSA) is 71.1 Å². The van der Waals surface area contributed by atoms with Crippen LogP contribution in [0.4, 0.5) is 10.8 Å². The van der Waals surface area contributed by atoms with Gasteiger partial charge in [0.25, 0.3) is 5.91 Å². The number of nitrogens with zero attached hydrogens (tertiary/aromatic N) is 1. The largest absolute Gasteiger partial charge is 0.326 e. The van der Waals surface area contributed by atoms with E-state index >= 15 is 0 Å². The molecule has 2 N–H and O–H groups in total. The monoisotopic (exact) mass is 379 g/mol. The Morgan fingerprint density at radius 3 is 2.37 bits per heavy atom. The number of nitrogens with one attached hydrogen (secondary N) is 2. The molecule has 27 heavy (non-hydrogen) atoms. The van der Waals surface area contributed by atoms with E-state index in [1.165, 1.54) is 35.0 Å². The molecule has 0 atom stereocenters. The molecule has 0 saturated carbocycles.